The maximum absolute atomic E-state index is 13.7. The summed E-state index contributed by atoms with van der Waals surface area (Å²) >= 11 is 3.49. The highest BCUT2D eigenvalue weighted by atomic mass is 79.9. The summed E-state index contributed by atoms with van der Waals surface area (Å²) in [5.74, 6) is -1.95. The molecule has 9 heteroatoms. The molecule has 0 radical (unpaired) electrons. The van der Waals surface area contributed by atoms with Crippen LogP contribution in [0.4, 0.5) is 10.1 Å². The van der Waals surface area contributed by atoms with Gasteiger partial charge in [0.1, 0.15) is 18.3 Å². The molecule has 0 aliphatic rings. The smallest absolute Gasteiger partial charge is 0.252 e. The topological polar surface area (TPSA) is 89.0 Å². The molecule has 0 saturated carbocycles. The lowest BCUT2D eigenvalue weighted by molar-refractivity contribution is -0.131. The number of amides is 2. The first-order valence-electron chi connectivity index (χ1n) is 10.7. The first kappa shape index (κ1) is 25.9. The van der Waals surface area contributed by atoms with Gasteiger partial charge in [0.2, 0.25) is 5.91 Å². The van der Waals surface area contributed by atoms with Gasteiger partial charge in [-0.3, -0.25) is 9.59 Å². The van der Waals surface area contributed by atoms with E-state index in [0.29, 0.717) is 28.1 Å². The van der Waals surface area contributed by atoms with Crippen molar-refractivity contribution in [3.8, 4) is 11.5 Å². The van der Waals surface area contributed by atoms with Crippen molar-refractivity contribution < 1.29 is 23.5 Å². The predicted molar refractivity (Wildman–Crippen MR) is 136 cm³/mol. The molecule has 0 heterocycles. The molecule has 0 saturated heterocycles. The zero-order valence-electron chi connectivity index (χ0n) is 19.5. The van der Waals surface area contributed by atoms with Crippen molar-refractivity contribution in [2.24, 2.45) is 11.0 Å². The molecule has 1 atom stereocenters. The lowest BCUT2D eigenvalue weighted by Crippen LogP contribution is -2.34. The fraction of sp³-hybridized carbons (Fsp3) is 0.192. The van der Waals surface area contributed by atoms with Crippen LogP contribution < -0.4 is 20.2 Å². The highest BCUT2D eigenvalue weighted by molar-refractivity contribution is 9.10. The number of carbonyl (C=O) groups excluding carboxylic acids is 2. The summed E-state index contributed by atoms with van der Waals surface area (Å²) in [5, 5.41) is 6.31. The first-order valence-corrected chi connectivity index (χ1v) is 11.5. The van der Waals surface area contributed by atoms with Crippen molar-refractivity contribution in [2.75, 3.05) is 12.4 Å². The van der Waals surface area contributed by atoms with Gasteiger partial charge in [-0.05, 0) is 65.2 Å². The number of hydrazone groups is 1. The molecule has 0 spiro atoms. The minimum Gasteiger partial charge on any atom is -0.493 e. The Hall–Kier alpha value is -3.72. The molecular formula is C26H25BrFN3O4. The highest BCUT2D eigenvalue weighted by Gasteiger charge is 2.22. The van der Waals surface area contributed by atoms with Crippen LogP contribution in [-0.4, -0.2) is 25.1 Å². The number of methoxy groups -OCH3 is 1. The number of nitrogens with zero attached hydrogens (tertiary/aromatic N) is 1. The van der Waals surface area contributed by atoms with Crippen LogP contribution in [0.15, 0.2) is 70.2 Å². The van der Waals surface area contributed by atoms with E-state index in [1.165, 1.54) is 44.0 Å². The molecular weight excluding hydrogens is 517 g/mol. The summed E-state index contributed by atoms with van der Waals surface area (Å²) < 4.78 is 25.8. The van der Waals surface area contributed by atoms with Gasteiger partial charge < -0.3 is 14.8 Å². The van der Waals surface area contributed by atoms with Gasteiger partial charge in [0.25, 0.3) is 5.91 Å². The molecule has 2 amide bonds. The lowest BCUT2D eigenvalue weighted by Gasteiger charge is -2.14. The van der Waals surface area contributed by atoms with Crippen molar-refractivity contribution in [1.82, 2.24) is 5.43 Å². The number of aryl methyl sites for hydroxylation is 1. The van der Waals surface area contributed by atoms with Crippen LogP contribution in [0.5, 0.6) is 11.5 Å². The van der Waals surface area contributed by atoms with E-state index in [2.05, 4.69) is 31.8 Å². The molecule has 3 rings (SSSR count). The van der Waals surface area contributed by atoms with Crippen molar-refractivity contribution >= 4 is 39.6 Å². The Morgan fingerprint density at radius 3 is 2.51 bits per heavy atom. The third-order valence-electron chi connectivity index (χ3n) is 5.06. The van der Waals surface area contributed by atoms with Crippen LogP contribution in [0.3, 0.4) is 0 Å². The number of carbonyl (C=O) groups is 2. The number of nitrogens with one attached hydrogen (secondary N) is 2. The quantitative estimate of drug-likeness (QED) is 0.221. The number of rotatable bonds is 9. The fourth-order valence-corrected chi connectivity index (χ4v) is 3.56. The van der Waals surface area contributed by atoms with Gasteiger partial charge in [0, 0.05) is 0 Å². The molecule has 1 unspecified atom stereocenters. The monoisotopic (exact) mass is 541 g/mol. The molecule has 0 bridgehead atoms. The van der Waals surface area contributed by atoms with Crippen LogP contribution in [0.2, 0.25) is 0 Å². The first-order chi connectivity index (χ1) is 16.8. The van der Waals surface area contributed by atoms with E-state index in [9.17, 15) is 14.0 Å². The van der Waals surface area contributed by atoms with Gasteiger partial charge in [-0.25, -0.2) is 9.82 Å². The summed E-state index contributed by atoms with van der Waals surface area (Å²) in [6, 6.07) is 17.2. The summed E-state index contributed by atoms with van der Waals surface area (Å²) in [5.41, 5.74) is 5.14. The third kappa shape index (κ3) is 7.13. The van der Waals surface area contributed by atoms with Gasteiger partial charge in [-0.1, -0.05) is 42.0 Å². The van der Waals surface area contributed by atoms with Gasteiger partial charge >= 0.3 is 0 Å². The third-order valence-corrected chi connectivity index (χ3v) is 5.65. The number of hydrogen-bond donors (Lipinski definition) is 2. The average molecular weight is 542 g/mol. The second kappa shape index (κ2) is 12.1. The Morgan fingerprint density at radius 2 is 1.83 bits per heavy atom. The second-order valence-corrected chi connectivity index (χ2v) is 8.59. The Kier molecular flexibility index (Phi) is 8.97. The zero-order valence-corrected chi connectivity index (χ0v) is 21.1. The van der Waals surface area contributed by atoms with Crippen molar-refractivity contribution in [3.05, 3.63) is 87.6 Å². The average Bonchev–Trinajstić information content (AvgIpc) is 2.84. The number of anilines is 1. The number of hydrogen-bond acceptors (Lipinski definition) is 5. The SMILES string of the molecule is COc1cc(C=NNC(=O)C(C)C(=O)Nc2ccccc2F)cc(Br)c1OCc1ccc(C)cc1. The molecule has 182 valence electrons. The molecule has 0 fully saturated rings. The molecule has 3 aromatic rings. The van der Waals surface area contributed by atoms with Crippen molar-refractivity contribution in [2.45, 2.75) is 20.5 Å². The molecule has 7 nitrogen and oxygen atoms in total. The summed E-state index contributed by atoms with van der Waals surface area (Å²) in [7, 11) is 1.53. The van der Waals surface area contributed by atoms with E-state index in [1.54, 1.807) is 18.2 Å². The molecule has 3 aromatic carbocycles. The van der Waals surface area contributed by atoms with Crippen LogP contribution >= 0.6 is 15.9 Å². The standard InChI is InChI=1S/C26H25BrFN3O4/c1-16-8-10-18(11-9-16)15-35-24-20(27)12-19(13-23(24)34-3)14-29-31-26(33)17(2)25(32)30-22-7-5-4-6-21(22)28/h4-14,17H,15H2,1-3H3,(H,30,32)(H,31,33). The van der Waals surface area contributed by atoms with E-state index in [-0.39, 0.29) is 5.69 Å². The largest absolute Gasteiger partial charge is 0.493 e. The van der Waals surface area contributed by atoms with Crippen LogP contribution in [-0.2, 0) is 16.2 Å². The van der Waals surface area contributed by atoms with Gasteiger partial charge in [-0.2, -0.15) is 5.10 Å². The van der Waals surface area contributed by atoms with Gasteiger partial charge in [0.15, 0.2) is 11.5 Å². The zero-order chi connectivity index (χ0) is 25.4. The van der Waals surface area contributed by atoms with Crippen LogP contribution in [0, 0.1) is 18.7 Å². The molecule has 35 heavy (non-hydrogen) atoms. The van der Waals surface area contributed by atoms with Crippen molar-refractivity contribution in [1.29, 1.82) is 0 Å². The van der Waals surface area contributed by atoms with E-state index in [0.717, 1.165) is 5.56 Å². The van der Waals surface area contributed by atoms with Crippen LogP contribution in [0.25, 0.3) is 0 Å². The molecule has 0 aliphatic heterocycles. The van der Waals surface area contributed by atoms with E-state index < -0.39 is 23.5 Å². The summed E-state index contributed by atoms with van der Waals surface area (Å²) in [4.78, 5) is 24.6. The van der Waals surface area contributed by atoms with Crippen molar-refractivity contribution in [3.63, 3.8) is 0 Å². The van der Waals surface area contributed by atoms with Gasteiger partial charge in [-0.15, -0.1) is 0 Å². The van der Waals surface area contributed by atoms with E-state index in [4.69, 9.17) is 9.47 Å². The Morgan fingerprint density at radius 1 is 1.11 bits per heavy atom. The maximum atomic E-state index is 13.7. The minimum atomic E-state index is -1.09. The Balaban J connectivity index is 1.61. The predicted octanol–water partition coefficient (Wildman–Crippen LogP) is 5.21. The highest BCUT2D eigenvalue weighted by Crippen LogP contribution is 2.36. The second-order valence-electron chi connectivity index (χ2n) is 7.73. The summed E-state index contributed by atoms with van der Waals surface area (Å²) in [6.45, 7) is 3.79. The normalized spacial score (nSPS) is 11.7. The number of halogens is 2. The minimum absolute atomic E-state index is 0.00211. The lowest BCUT2D eigenvalue weighted by atomic mass is 10.1. The Bertz CT molecular complexity index is 1230. The number of ether oxygens (including phenoxy) is 2. The number of benzene rings is 3. The van der Waals surface area contributed by atoms with E-state index in [1.807, 2.05) is 31.2 Å². The molecule has 0 aliphatic carbocycles. The van der Waals surface area contributed by atoms with Crippen LogP contribution in [0.1, 0.15) is 23.6 Å². The summed E-state index contributed by atoms with van der Waals surface area (Å²) in [6.07, 6.45) is 1.41. The molecule has 2 N–H and O–H groups in total. The van der Waals surface area contributed by atoms with E-state index >= 15 is 0 Å². The van der Waals surface area contributed by atoms with Gasteiger partial charge in [0.05, 0.1) is 23.5 Å². The fourth-order valence-electron chi connectivity index (χ4n) is 2.98. The Labute approximate surface area is 211 Å². The number of para-hydroxylation sites is 1. The molecule has 0 aromatic heterocycles. The maximum Gasteiger partial charge on any atom is 0.252 e.